The van der Waals surface area contributed by atoms with Gasteiger partial charge < -0.3 is 20.6 Å². The van der Waals surface area contributed by atoms with Crippen LogP contribution in [0, 0.1) is 0 Å². The van der Waals surface area contributed by atoms with Crippen LogP contribution in [0.3, 0.4) is 0 Å². The van der Waals surface area contributed by atoms with Gasteiger partial charge in [0.15, 0.2) is 11.5 Å². The minimum atomic E-state index is -0.511. The van der Waals surface area contributed by atoms with Gasteiger partial charge in [-0.3, -0.25) is 0 Å². The molecule has 0 bridgehead atoms. The molecule has 0 amide bonds. The maximum Gasteiger partial charge on any atom is 0.202 e. The van der Waals surface area contributed by atoms with Gasteiger partial charge in [-0.25, -0.2) is 0 Å². The molecule has 0 radical (unpaired) electrons. The topological polar surface area (TPSA) is 72.7 Å². The van der Waals surface area contributed by atoms with Crippen molar-refractivity contribution in [1.82, 2.24) is 0 Å². The Morgan fingerprint density at radius 2 is 1.53 bits per heavy atom. The lowest BCUT2D eigenvalue weighted by Gasteiger charge is -2.10. The molecule has 17 heavy (non-hydrogen) atoms. The molecule has 0 aliphatic heterocycles. The van der Waals surface area contributed by atoms with E-state index in [1.807, 2.05) is 30.3 Å². The molecule has 0 heterocycles. The van der Waals surface area contributed by atoms with Gasteiger partial charge in [-0.05, 0) is 17.7 Å². The summed E-state index contributed by atoms with van der Waals surface area (Å²) < 4.78 is 0. The molecule has 0 unspecified atom stereocenters. The van der Waals surface area contributed by atoms with Crippen LogP contribution in [-0.4, -0.2) is 15.3 Å². The fourth-order valence-electron chi connectivity index (χ4n) is 1.50. The largest absolute Gasteiger partial charge is 0.504 e. The standard InChI is InChI=1S/C13H13NO3/c15-11-7-6-10(12(16)13(11)17)14-8-9-4-2-1-3-5-9/h1-7,14-17H,8H2. The van der Waals surface area contributed by atoms with E-state index in [4.69, 9.17) is 0 Å². The Morgan fingerprint density at radius 1 is 0.824 bits per heavy atom. The zero-order valence-electron chi connectivity index (χ0n) is 9.09. The smallest absolute Gasteiger partial charge is 0.202 e. The summed E-state index contributed by atoms with van der Waals surface area (Å²) in [4.78, 5) is 0. The number of nitrogens with one attached hydrogen (secondary N) is 1. The minimum Gasteiger partial charge on any atom is -0.504 e. The normalized spacial score (nSPS) is 10.1. The van der Waals surface area contributed by atoms with E-state index < -0.39 is 5.75 Å². The van der Waals surface area contributed by atoms with E-state index >= 15 is 0 Å². The van der Waals surface area contributed by atoms with Gasteiger partial charge in [-0.15, -0.1) is 0 Å². The predicted molar refractivity (Wildman–Crippen MR) is 65.2 cm³/mol. The van der Waals surface area contributed by atoms with Gasteiger partial charge in [-0.1, -0.05) is 30.3 Å². The second kappa shape index (κ2) is 4.65. The van der Waals surface area contributed by atoms with Crippen LogP contribution in [0.4, 0.5) is 5.69 Å². The summed E-state index contributed by atoms with van der Waals surface area (Å²) in [6.07, 6.45) is 0. The Morgan fingerprint density at radius 3 is 2.24 bits per heavy atom. The quantitative estimate of drug-likeness (QED) is 0.483. The Kier molecular flexibility index (Phi) is 3.05. The molecule has 2 aromatic carbocycles. The van der Waals surface area contributed by atoms with E-state index in [2.05, 4.69) is 5.32 Å². The Balaban J connectivity index is 2.13. The van der Waals surface area contributed by atoms with Crippen molar-refractivity contribution >= 4 is 5.69 Å². The Hall–Kier alpha value is -2.36. The first-order valence-electron chi connectivity index (χ1n) is 5.20. The van der Waals surface area contributed by atoms with Gasteiger partial charge in [0, 0.05) is 6.54 Å². The maximum atomic E-state index is 9.58. The van der Waals surface area contributed by atoms with Crippen molar-refractivity contribution in [3.63, 3.8) is 0 Å². The average molecular weight is 231 g/mol. The number of hydrogen-bond donors (Lipinski definition) is 4. The molecule has 4 N–H and O–H groups in total. The summed E-state index contributed by atoms with van der Waals surface area (Å²) in [5.41, 5.74) is 1.43. The molecule has 0 saturated carbocycles. The van der Waals surface area contributed by atoms with E-state index in [-0.39, 0.29) is 11.5 Å². The second-order valence-electron chi connectivity index (χ2n) is 3.67. The van der Waals surface area contributed by atoms with E-state index in [0.717, 1.165) is 5.56 Å². The molecule has 4 heteroatoms. The highest BCUT2D eigenvalue weighted by atomic mass is 16.3. The summed E-state index contributed by atoms with van der Waals surface area (Å²) in [7, 11) is 0. The lowest BCUT2D eigenvalue weighted by atomic mass is 10.2. The van der Waals surface area contributed by atoms with Crippen molar-refractivity contribution in [2.45, 2.75) is 6.54 Å². The number of rotatable bonds is 3. The minimum absolute atomic E-state index is 0.340. The van der Waals surface area contributed by atoms with Crippen LogP contribution in [0.5, 0.6) is 17.2 Å². The zero-order valence-corrected chi connectivity index (χ0v) is 9.09. The van der Waals surface area contributed by atoms with Crippen LogP contribution < -0.4 is 5.32 Å². The van der Waals surface area contributed by atoms with Gasteiger partial charge in [-0.2, -0.15) is 0 Å². The molecule has 0 aliphatic carbocycles. The number of phenols is 3. The third-order valence-corrected chi connectivity index (χ3v) is 2.46. The fourth-order valence-corrected chi connectivity index (χ4v) is 1.50. The molecule has 88 valence electrons. The SMILES string of the molecule is Oc1ccc(NCc2ccccc2)c(O)c1O. The molecule has 0 saturated heterocycles. The summed E-state index contributed by atoms with van der Waals surface area (Å²) >= 11 is 0. The molecule has 0 aromatic heterocycles. The molecule has 2 aromatic rings. The van der Waals surface area contributed by atoms with Crippen LogP contribution in [0.25, 0.3) is 0 Å². The van der Waals surface area contributed by atoms with Gasteiger partial charge in [0.1, 0.15) is 0 Å². The summed E-state index contributed by atoms with van der Waals surface area (Å²) in [6.45, 7) is 0.526. The van der Waals surface area contributed by atoms with Gasteiger partial charge >= 0.3 is 0 Å². The van der Waals surface area contributed by atoms with Crippen molar-refractivity contribution in [2.75, 3.05) is 5.32 Å². The Labute approximate surface area is 98.8 Å². The Bertz CT molecular complexity index is 512. The average Bonchev–Trinajstić information content (AvgIpc) is 2.36. The van der Waals surface area contributed by atoms with Crippen molar-refractivity contribution in [1.29, 1.82) is 0 Å². The third kappa shape index (κ3) is 2.42. The molecule has 0 atom stereocenters. The van der Waals surface area contributed by atoms with Gasteiger partial charge in [0.05, 0.1) is 5.69 Å². The highest BCUT2D eigenvalue weighted by molar-refractivity contribution is 5.66. The van der Waals surface area contributed by atoms with Crippen LogP contribution in [0.15, 0.2) is 42.5 Å². The lowest BCUT2D eigenvalue weighted by Crippen LogP contribution is -1.99. The number of aromatic hydroxyl groups is 3. The summed E-state index contributed by atoms with van der Waals surface area (Å²) in [6, 6.07) is 12.5. The van der Waals surface area contributed by atoms with Crippen molar-refractivity contribution < 1.29 is 15.3 Å². The van der Waals surface area contributed by atoms with Gasteiger partial charge in [0.2, 0.25) is 5.75 Å². The highest BCUT2D eigenvalue weighted by Gasteiger charge is 2.10. The highest BCUT2D eigenvalue weighted by Crippen LogP contribution is 2.40. The molecule has 0 aliphatic rings. The lowest BCUT2D eigenvalue weighted by molar-refractivity contribution is 0.369. The third-order valence-electron chi connectivity index (χ3n) is 2.46. The monoisotopic (exact) mass is 231 g/mol. The van der Waals surface area contributed by atoms with Gasteiger partial charge in [0.25, 0.3) is 0 Å². The summed E-state index contributed by atoms with van der Waals surface area (Å²) in [5.74, 6) is -1.20. The zero-order chi connectivity index (χ0) is 12.3. The predicted octanol–water partition coefficient (Wildman–Crippen LogP) is 2.42. The van der Waals surface area contributed by atoms with E-state index in [9.17, 15) is 15.3 Å². The molecule has 0 spiro atoms. The maximum absolute atomic E-state index is 9.58. The number of anilines is 1. The molecular weight excluding hydrogens is 218 g/mol. The van der Waals surface area contributed by atoms with Crippen molar-refractivity contribution in [3.8, 4) is 17.2 Å². The van der Waals surface area contributed by atoms with E-state index in [1.54, 1.807) is 0 Å². The number of phenolic OH excluding ortho intramolecular Hbond substituents is 3. The number of hydrogen-bond acceptors (Lipinski definition) is 4. The second-order valence-corrected chi connectivity index (χ2v) is 3.67. The van der Waals surface area contributed by atoms with Crippen LogP contribution in [0.2, 0.25) is 0 Å². The van der Waals surface area contributed by atoms with E-state index in [0.29, 0.717) is 12.2 Å². The fraction of sp³-hybridized carbons (Fsp3) is 0.0769. The molecule has 0 fully saturated rings. The first-order valence-corrected chi connectivity index (χ1v) is 5.20. The van der Waals surface area contributed by atoms with Crippen molar-refractivity contribution in [3.05, 3.63) is 48.0 Å². The van der Waals surface area contributed by atoms with Crippen molar-refractivity contribution in [2.24, 2.45) is 0 Å². The summed E-state index contributed by atoms with van der Waals surface area (Å²) in [5, 5.41) is 31.1. The first-order chi connectivity index (χ1) is 8.18. The molecule has 2 rings (SSSR count). The molecule has 4 nitrogen and oxygen atoms in total. The number of benzene rings is 2. The first kappa shape index (κ1) is 11.1. The van der Waals surface area contributed by atoms with E-state index in [1.165, 1.54) is 12.1 Å². The van der Waals surface area contributed by atoms with Crippen LogP contribution in [-0.2, 0) is 6.54 Å². The van der Waals surface area contributed by atoms with Crippen LogP contribution in [0.1, 0.15) is 5.56 Å². The van der Waals surface area contributed by atoms with Crippen LogP contribution >= 0.6 is 0 Å². The molecular formula is C13H13NO3.